The molecule has 2 aliphatic heterocycles. The number of aromatic nitrogens is 1. The molecule has 0 spiro atoms. The Hall–Kier alpha value is -2.59. The number of piperidine rings is 1. The second-order valence-corrected chi connectivity index (χ2v) is 8.24. The van der Waals surface area contributed by atoms with Gasteiger partial charge in [0, 0.05) is 36.5 Å². The predicted molar refractivity (Wildman–Crippen MR) is 114 cm³/mol. The van der Waals surface area contributed by atoms with Crippen molar-refractivity contribution in [2.75, 3.05) is 18.0 Å². The highest BCUT2D eigenvalue weighted by molar-refractivity contribution is 7.10. The molecule has 0 radical (unpaired) electrons. The van der Waals surface area contributed by atoms with Gasteiger partial charge in [-0.3, -0.25) is 0 Å². The van der Waals surface area contributed by atoms with Gasteiger partial charge in [0.25, 0.3) is 0 Å². The molecule has 1 aromatic heterocycles. The molecule has 0 amide bonds. The normalized spacial score (nSPS) is 20.1. The fourth-order valence-corrected chi connectivity index (χ4v) is 4.49. The number of azo groups is 1. The van der Waals surface area contributed by atoms with Crippen LogP contribution in [0.15, 0.2) is 39.5 Å². The summed E-state index contributed by atoms with van der Waals surface area (Å²) in [5, 5.41) is 18.8. The van der Waals surface area contributed by atoms with E-state index in [-0.39, 0.29) is 5.92 Å². The lowest BCUT2D eigenvalue weighted by Gasteiger charge is -2.33. The smallest absolute Gasteiger partial charge is 0.171 e. The molecule has 3 heterocycles. The lowest BCUT2D eigenvalue weighted by Crippen LogP contribution is -2.33. The molecule has 2 aromatic rings. The van der Waals surface area contributed by atoms with Gasteiger partial charge in [0.15, 0.2) is 10.8 Å². The number of nitrogens with zero attached hydrogens (tertiary/aromatic N) is 6. The number of rotatable bonds is 4. The standard InChI is InChI=1S/C21H24N6S/c1-3-15-8-10-27(11-9-15)18-6-4-17(5-7-18)24-25-21-19-12-16(13-22)14(2)23-20(19)26-28-21/h4-7,15-16H,3,8-12H2,1-2H3. The third-order valence-corrected chi connectivity index (χ3v) is 6.53. The van der Waals surface area contributed by atoms with Crippen molar-refractivity contribution in [3.63, 3.8) is 0 Å². The first-order valence-electron chi connectivity index (χ1n) is 9.88. The number of anilines is 1. The average Bonchev–Trinajstić information content (AvgIpc) is 3.13. The van der Waals surface area contributed by atoms with Crippen LogP contribution in [0.25, 0.3) is 0 Å². The number of hydrogen-bond donors (Lipinski definition) is 0. The summed E-state index contributed by atoms with van der Waals surface area (Å²) in [5.74, 6) is 1.37. The Kier molecular flexibility index (Phi) is 5.49. The highest BCUT2D eigenvalue weighted by atomic mass is 32.1. The van der Waals surface area contributed by atoms with Crippen molar-refractivity contribution < 1.29 is 0 Å². The van der Waals surface area contributed by atoms with E-state index in [4.69, 9.17) is 0 Å². The van der Waals surface area contributed by atoms with Gasteiger partial charge in [0.2, 0.25) is 0 Å². The molecule has 0 N–H and O–H groups in total. The third kappa shape index (κ3) is 3.83. The molecule has 4 rings (SSSR count). The maximum atomic E-state index is 9.28. The van der Waals surface area contributed by atoms with Gasteiger partial charge in [-0.2, -0.15) is 9.64 Å². The van der Waals surface area contributed by atoms with Crippen LogP contribution in [0.4, 0.5) is 22.2 Å². The molecule has 1 fully saturated rings. The Balaban J connectivity index is 1.45. The zero-order chi connectivity index (χ0) is 19.5. The second-order valence-electron chi connectivity index (χ2n) is 7.48. The van der Waals surface area contributed by atoms with Crippen LogP contribution in [0.5, 0.6) is 0 Å². The second kappa shape index (κ2) is 8.19. The van der Waals surface area contributed by atoms with Gasteiger partial charge in [-0.1, -0.05) is 13.3 Å². The van der Waals surface area contributed by atoms with Crippen LogP contribution < -0.4 is 4.90 Å². The highest BCUT2D eigenvalue weighted by Gasteiger charge is 2.25. The van der Waals surface area contributed by atoms with E-state index in [1.807, 2.05) is 19.1 Å². The maximum absolute atomic E-state index is 9.28. The summed E-state index contributed by atoms with van der Waals surface area (Å²) in [6.07, 6.45) is 4.45. The van der Waals surface area contributed by atoms with Crippen LogP contribution in [0, 0.1) is 23.2 Å². The van der Waals surface area contributed by atoms with Crippen LogP contribution in [0.3, 0.4) is 0 Å². The topological polar surface area (TPSA) is 77.0 Å². The molecular formula is C21H24N6S. The average molecular weight is 393 g/mol. The van der Waals surface area contributed by atoms with E-state index >= 15 is 0 Å². The Morgan fingerprint density at radius 3 is 2.64 bits per heavy atom. The fraction of sp³-hybridized carbons (Fsp3) is 0.476. The Morgan fingerprint density at radius 1 is 1.21 bits per heavy atom. The number of benzene rings is 1. The first-order chi connectivity index (χ1) is 13.7. The summed E-state index contributed by atoms with van der Waals surface area (Å²) in [6, 6.07) is 10.6. The molecule has 1 saturated heterocycles. The summed E-state index contributed by atoms with van der Waals surface area (Å²) in [4.78, 5) is 6.89. The van der Waals surface area contributed by atoms with E-state index in [0.717, 1.165) is 41.0 Å². The van der Waals surface area contributed by atoms with Crippen molar-refractivity contribution in [2.24, 2.45) is 27.1 Å². The van der Waals surface area contributed by atoms with Gasteiger partial charge >= 0.3 is 0 Å². The third-order valence-electron chi connectivity index (χ3n) is 5.76. The molecule has 7 heteroatoms. The molecule has 6 nitrogen and oxygen atoms in total. The molecule has 1 atom stereocenters. The van der Waals surface area contributed by atoms with E-state index < -0.39 is 0 Å². The largest absolute Gasteiger partial charge is 0.372 e. The van der Waals surface area contributed by atoms with Gasteiger partial charge in [-0.15, -0.1) is 10.2 Å². The summed E-state index contributed by atoms with van der Waals surface area (Å²) in [7, 11) is 0. The van der Waals surface area contributed by atoms with Crippen LogP contribution in [-0.2, 0) is 6.42 Å². The predicted octanol–water partition coefficient (Wildman–Crippen LogP) is 5.97. The van der Waals surface area contributed by atoms with Crippen molar-refractivity contribution in [1.82, 2.24) is 4.37 Å². The van der Waals surface area contributed by atoms with Gasteiger partial charge in [-0.05, 0) is 61.5 Å². The monoisotopic (exact) mass is 392 g/mol. The van der Waals surface area contributed by atoms with Crippen LogP contribution in [0.1, 0.15) is 38.7 Å². The Labute approximate surface area is 169 Å². The van der Waals surface area contributed by atoms with E-state index in [9.17, 15) is 5.26 Å². The minimum atomic E-state index is -0.200. The summed E-state index contributed by atoms with van der Waals surface area (Å²) >= 11 is 1.29. The summed E-state index contributed by atoms with van der Waals surface area (Å²) < 4.78 is 4.36. The molecular weight excluding hydrogens is 368 g/mol. The van der Waals surface area contributed by atoms with E-state index in [2.05, 4.69) is 49.6 Å². The van der Waals surface area contributed by atoms with E-state index in [0.29, 0.717) is 12.2 Å². The fourth-order valence-electron chi connectivity index (χ4n) is 3.81. The van der Waals surface area contributed by atoms with Crippen LogP contribution in [-0.4, -0.2) is 23.2 Å². The summed E-state index contributed by atoms with van der Waals surface area (Å²) in [6.45, 7) is 6.43. The van der Waals surface area contributed by atoms with E-state index in [1.165, 1.54) is 36.5 Å². The Morgan fingerprint density at radius 2 is 1.96 bits per heavy atom. The van der Waals surface area contributed by atoms with Crippen molar-refractivity contribution in [3.05, 3.63) is 29.8 Å². The molecule has 144 valence electrons. The van der Waals surface area contributed by atoms with Gasteiger partial charge < -0.3 is 4.90 Å². The quantitative estimate of drug-likeness (QED) is 0.601. The first-order valence-corrected chi connectivity index (χ1v) is 10.7. The van der Waals surface area contributed by atoms with Crippen molar-refractivity contribution in [3.8, 4) is 6.07 Å². The zero-order valence-electron chi connectivity index (χ0n) is 16.3. The number of fused-ring (bicyclic) bond motifs is 1. The summed E-state index contributed by atoms with van der Waals surface area (Å²) in [5.41, 5.74) is 3.83. The Bertz CT molecular complexity index is 929. The van der Waals surface area contributed by atoms with Gasteiger partial charge in [0.1, 0.15) is 0 Å². The lowest BCUT2D eigenvalue weighted by atomic mass is 9.94. The SMILES string of the molecule is CCC1CCN(c2ccc(N=Nc3snc4c3CC(C#N)C(C)=N4)cc2)CC1. The van der Waals surface area contributed by atoms with Gasteiger partial charge in [-0.25, -0.2) is 4.99 Å². The van der Waals surface area contributed by atoms with Crippen LogP contribution in [0.2, 0.25) is 0 Å². The first kappa shape index (κ1) is 18.8. The minimum absolute atomic E-state index is 0.200. The molecule has 0 bridgehead atoms. The zero-order valence-corrected chi connectivity index (χ0v) is 17.1. The molecule has 2 aliphatic rings. The maximum Gasteiger partial charge on any atom is 0.171 e. The van der Waals surface area contributed by atoms with Crippen molar-refractivity contribution in [2.45, 2.75) is 39.5 Å². The van der Waals surface area contributed by atoms with Crippen molar-refractivity contribution >= 4 is 39.4 Å². The van der Waals surface area contributed by atoms with E-state index in [1.54, 1.807) is 0 Å². The molecule has 1 aromatic carbocycles. The molecule has 0 saturated carbocycles. The van der Waals surface area contributed by atoms with Crippen LogP contribution >= 0.6 is 11.5 Å². The molecule has 1 unspecified atom stereocenters. The number of aliphatic imine (C=N–C) groups is 1. The molecule has 28 heavy (non-hydrogen) atoms. The highest BCUT2D eigenvalue weighted by Crippen LogP contribution is 2.39. The van der Waals surface area contributed by atoms with Gasteiger partial charge in [0.05, 0.1) is 17.7 Å². The molecule has 0 aliphatic carbocycles. The van der Waals surface area contributed by atoms with Crippen molar-refractivity contribution in [1.29, 1.82) is 5.26 Å². The number of hydrogen-bond acceptors (Lipinski definition) is 7. The minimum Gasteiger partial charge on any atom is -0.372 e. The number of nitriles is 1. The lowest BCUT2D eigenvalue weighted by molar-refractivity contribution is 0.395.